The highest BCUT2D eigenvalue weighted by molar-refractivity contribution is 5.98. The van der Waals surface area contributed by atoms with Crippen molar-refractivity contribution >= 4 is 17.6 Å². The molecule has 2 amide bonds. The predicted octanol–water partition coefficient (Wildman–Crippen LogP) is 2.23. The second-order valence-corrected chi connectivity index (χ2v) is 6.32. The minimum Gasteiger partial charge on any atom is -0.366 e. The summed E-state index contributed by atoms with van der Waals surface area (Å²) < 4.78 is 13.2. The number of carbonyl (C=O) groups is 2. The maximum Gasteiger partial charge on any atom is 0.256 e. The fourth-order valence-corrected chi connectivity index (χ4v) is 2.93. The van der Waals surface area contributed by atoms with Crippen LogP contribution in [0.15, 0.2) is 30.3 Å². The minimum absolute atomic E-state index is 0.0706. The Morgan fingerprint density at radius 2 is 2.12 bits per heavy atom. The Morgan fingerprint density at radius 1 is 1.31 bits per heavy atom. The van der Waals surface area contributed by atoms with Crippen molar-refractivity contribution in [3.63, 3.8) is 0 Å². The van der Waals surface area contributed by atoms with E-state index in [0.29, 0.717) is 37.6 Å². The maximum absolute atomic E-state index is 13.2. The van der Waals surface area contributed by atoms with Crippen LogP contribution in [0.3, 0.4) is 0 Å². The van der Waals surface area contributed by atoms with Crippen LogP contribution >= 0.6 is 0 Å². The Morgan fingerprint density at radius 3 is 2.85 bits per heavy atom. The van der Waals surface area contributed by atoms with Gasteiger partial charge in [-0.25, -0.2) is 9.37 Å². The first kappa shape index (κ1) is 17.8. The molecule has 0 unspecified atom stereocenters. The summed E-state index contributed by atoms with van der Waals surface area (Å²) >= 11 is 0. The molecule has 0 saturated carbocycles. The Bertz CT molecular complexity index is 853. The summed E-state index contributed by atoms with van der Waals surface area (Å²) in [6.45, 7) is 5.14. The van der Waals surface area contributed by atoms with E-state index in [1.54, 1.807) is 23.1 Å². The quantitative estimate of drug-likeness (QED) is 0.832. The van der Waals surface area contributed by atoms with Crippen molar-refractivity contribution in [1.29, 1.82) is 0 Å². The van der Waals surface area contributed by atoms with E-state index in [-0.39, 0.29) is 17.6 Å². The lowest BCUT2D eigenvalue weighted by molar-refractivity contribution is -0.119. The minimum atomic E-state index is -0.250. The lowest BCUT2D eigenvalue weighted by Gasteiger charge is -2.14. The second-order valence-electron chi connectivity index (χ2n) is 6.32. The Kier molecular flexibility index (Phi) is 5.16. The van der Waals surface area contributed by atoms with Crippen LogP contribution in [0.5, 0.6) is 0 Å². The molecule has 0 aliphatic carbocycles. The standard InChI is InChI=1S/C19H21FN4O2/c1-12-9-15(20)4-3-14(12)10-22-18-6-5-16-17(23-18)11-24(19(16)26)8-7-21-13(2)25/h3-6,9H,7-8,10-11H2,1-2H3,(H,21,25)(H,22,23). The third-order valence-electron chi connectivity index (χ3n) is 4.35. The van der Waals surface area contributed by atoms with E-state index in [4.69, 9.17) is 0 Å². The number of amides is 2. The van der Waals surface area contributed by atoms with Gasteiger partial charge in [0, 0.05) is 26.6 Å². The Hall–Kier alpha value is -2.96. The molecular weight excluding hydrogens is 335 g/mol. The normalized spacial score (nSPS) is 12.9. The molecule has 0 radical (unpaired) electrons. The summed E-state index contributed by atoms with van der Waals surface area (Å²) in [4.78, 5) is 29.5. The topological polar surface area (TPSA) is 74.3 Å². The first-order valence-corrected chi connectivity index (χ1v) is 8.46. The number of nitrogens with one attached hydrogen (secondary N) is 2. The van der Waals surface area contributed by atoms with Gasteiger partial charge >= 0.3 is 0 Å². The number of hydrogen-bond donors (Lipinski definition) is 2. The molecule has 0 saturated heterocycles. The van der Waals surface area contributed by atoms with Crippen molar-refractivity contribution in [2.24, 2.45) is 0 Å². The molecular formula is C19H21FN4O2. The average Bonchev–Trinajstić information content (AvgIpc) is 2.89. The highest BCUT2D eigenvalue weighted by Gasteiger charge is 2.28. The number of aryl methyl sites for hydroxylation is 1. The summed E-state index contributed by atoms with van der Waals surface area (Å²) in [6, 6.07) is 8.22. The number of halogens is 1. The first-order chi connectivity index (χ1) is 12.4. The van der Waals surface area contributed by atoms with Crippen molar-refractivity contribution in [3.05, 3.63) is 58.5 Å². The maximum atomic E-state index is 13.2. The van der Waals surface area contributed by atoms with E-state index in [9.17, 15) is 14.0 Å². The van der Waals surface area contributed by atoms with Crippen molar-refractivity contribution in [2.45, 2.75) is 26.9 Å². The summed E-state index contributed by atoms with van der Waals surface area (Å²) in [6.07, 6.45) is 0. The van der Waals surface area contributed by atoms with Gasteiger partial charge in [-0.15, -0.1) is 0 Å². The predicted molar refractivity (Wildman–Crippen MR) is 96.1 cm³/mol. The smallest absolute Gasteiger partial charge is 0.256 e. The summed E-state index contributed by atoms with van der Waals surface area (Å²) in [5, 5.41) is 5.90. The fourth-order valence-electron chi connectivity index (χ4n) is 2.93. The molecule has 0 fully saturated rings. The van der Waals surface area contributed by atoms with E-state index in [2.05, 4.69) is 15.6 Å². The van der Waals surface area contributed by atoms with Gasteiger partial charge in [-0.3, -0.25) is 9.59 Å². The van der Waals surface area contributed by atoms with Crippen molar-refractivity contribution < 1.29 is 14.0 Å². The third kappa shape index (κ3) is 3.99. The molecule has 2 heterocycles. The zero-order valence-corrected chi connectivity index (χ0v) is 14.8. The zero-order valence-electron chi connectivity index (χ0n) is 14.8. The monoisotopic (exact) mass is 356 g/mol. The van der Waals surface area contributed by atoms with Gasteiger partial charge in [0.15, 0.2) is 0 Å². The van der Waals surface area contributed by atoms with Gasteiger partial charge in [-0.2, -0.15) is 0 Å². The van der Waals surface area contributed by atoms with Gasteiger partial charge in [0.1, 0.15) is 11.6 Å². The second kappa shape index (κ2) is 7.51. The van der Waals surface area contributed by atoms with Crippen LogP contribution in [-0.4, -0.2) is 34.8 Å². The fraction of sp³-hybridized carbons (Fsp3) is 0.316. The molecule has 136 valence electrons. The van der Waals surface area contributed by atoms with Gasteiger partial charge in [0.05, 0.1) is 17.8 Å². The molecule has 3 rings (SSSR count). The van der Waals surface area contributed by atoms with E-state index < -0.39 is 0 Å². The largest absolute Gasteiger partial charge is 0.366 e. The number of carbonyl (C=O) groups excluding carboxylic acids is 2. The third-order valence-corrected chi connectivity index (χ3v) is 4.35. The molecule has 2 N–H and O–H groups in total. The van der Waals surface area contributed by atoms with Gasteiger partial charge in [-0.1, -0.05) is 6.07 Å². The highest BCUT2D eigenvalue weighted by atomic mass is 19.1. The summed E-state index contributed by atoms with van der Waals surface area (Å²) in [5.41, 5.74) is 3.18. The van der Waals surface area contributed by atoms with E-state index >= 15 is 0 Å². The number of benzene rings is 1. The van der Waals surface area contributed by atoms with Gasteiger partial charge in [0.25, 0.3) is 5.91 Å². The average molecular weight is 356 g/mol. The van der Waals surface area contributed by atoms with E-state index in [1.165, 1.54) is 19.1 Å². The van der Waals surface area contributed by atoms with Gasteiger partial charge < -0.3 is 15.5 Å². The van der Waals surface area contributed by atoms with Crippen LogP contribution in [-0.2, 0) is 17.9 Å². The molecule has 0 atom stereocenters. The van der Waals surface area contributed by atoms with Crippen LogP contribution in [0.2, 0.25) is 0 Å². The highest BCUT2D eigenvalue weighted by Crippen LogP contribution is 2.23. The summed E-state index contributed by atoms with van der Waals surface area (Å²) in [7, 11) is 0. The molecule has 0 bridgehead atoms. The molecule has 2 aromatic rings. The SMILES string of the molecule is CC(=O)NCCN1Cc2nc(NCc3ccc(F)cc3C)ccc2C1=O. The Labute approximate surface area is 151 Å². The number of fused-ring (bicyclic) bond motifs is 1. The lowest BCUT2D eigenvalue weighted by Crippen LogP contribution is -2.34. The van der Waals surface area contributed by atoms with Crippen LogP contribution in [0.4, 0.5) is 10.2 Å². The molecule has 7 heteroatoms. The van der Waals surface area contributed by atoms with Gasteiger partial charge in [0.2, 0.25) is 5.91 Å². The molecule has 1 aliphatic heterocycles. The van der Waals surface area contributed by atoms with E-state index in [0.717, 1.165) is 16.8 Å². The molecule has 6 nitrogen and oxygen atoms in total. The summed E-state index contributed by atoms with van der Waals surface area (Å²) in [5.74, 6) is 0.234. The first-order valence-electron chi connectivity index (χ1n) is 8.46. The molecule has 1 aromatic carbocycles. The number of aromatic nitrogens is 1. The number of rotatable bonds is 6. The van der Waals surface area contributed by atoms with Gasteiger partial charge in [-0.05, 0) is 42.3 Å². The van der Waals surface area contributed by atoms with Crippen LogP contribution < -0.4 is 10.6 Å². The van der Waals surface area contributed by atoms with Crippen LogP contribution in [0, 0.1) is 12.7 Å². The lowest BCUT2D eigenvalue weighted by atomic mass is 10.1. The molecule has 1 aromatic heterocycles. The Balaban J connectivity index is 1.63. The van der Waals surface area contributed by atoms with Crippen LogP contribution in [0.25, 0.3) is 0 Å². The molecule has 0 spiro atoms. The number of nitrogens with zero attached hydrogens (tertiary/aromatic N) is 2. The zero-order chi connectivity index (χ0) is 18.7. The number of anilines is 1. The van der Waals surface area contributed by atoms with Crippen molar-refractivity contribution in [3.8, 4) is 0 Å². The van der Waals surface area contributed by atoms with Crippen molar-refractivity contribution in [1.82, 2.24) is 15.2 Å². The van der Waals surface area contributed by atoms with Crippen molar-refractivity contribution in [2.75, 3.05) is 18.4 Å². The molecule has 26 heavy (non-hydrogen) atoms. The van der Waals surface area contributed by atoms with E-state index in [1.807, 2.05) is 6.92 Å². The van der Waals surface area contributed by atoms with Crippen LogP contribution in [0.1, 0.15) is 34.1 Å². The molecule has 1 aliphatic rings. The number of hydrogen-bond acceptors (Lipinski definition) is 4. The number of pyridine rings is 1.